The van der Waals surface area contributed by atoms with Crippen LogP contribution in [0.2, 0.25) is 0 Å². The summed E-state index contributed by atoms with van der Waals surface area (Å²) < 4.78 is 5.74. The lowest BCUT2D eigenvalue weighted by atomic mass is 9.88. The number of benzene rings is 4. The molecule has 4 aromatic rings. The highest BCUT2D eigenvalue weighted by atomic mass is 16.5. The molecule has 2 N–H and O–H groups in total. The van der Waals surface area contributed by atoms with Crippen LogP contribution in [0.15, 0.2) is 72.8 Å². The zero-order valence-electron chi connectivity index (χ0n) is 17.4. The highest BCUT2D eigenvalue weighted by molar-refractivity contribution is 6.15. The summed E-state index contributed by atoms with van der Waals surface area (Å²) >= 11 is 0. The summed E-state index contributed by atoms with van der Waals surface area (Å²) in [6, 6.07) is 23.9. The van der Waals surface area contributed by atoms with Gasteiger partial charge in [0.05, 0.1) is 19.3 Å². The standard InChI is InChI=1S/C26H25NO3/c1-26(2,16-28)27-25(29)21-14-12-17-8-4-6-10-19(17)23(21)24-20-11-7-5-9-18(20)13-15-22(24)30-3/h4-15,28H,16H2,1-3H3,(H,27,29). The van der Waals surface area contributed by atoms with Gasteiger partial charge >= 0.3 is 0 Å². The average molecular weight is 399 g/mol. The number of aliphatic hydroxyl groups excluding tert-OH is 1. The second-order valence-electron chi connectivity index (χ2n) is 8.07. The number of fused-ring (bicyclic) bond motifs is 2. The van der Waals surface area contributed by atoms with E-state index < -0.39 is 5.54 Å². The molecule has 0 radical (unpaired) electrons. The lowest BCUT2D eigenvalue weighted by Crippen LogP contribution is -2.46. The van der Waals surface area contributed by atoms with Crippen LogP contribution in [0.3, 0.4) is 0 Å². The van der Waals surface area contributed by atoms with Crippen LogP contribution in [-0.4, -0.2) is 30.3 Å². The second kappa shape index (κ2) is 7.81. The smallest absolute Gasteiger partial charge is 0.252 e. The van der Waals surface area contributed by atoms with E-state index in [2.05, 4.69) is 11.4 Å². The Bertz CT molecular complexity index is 1240. The van der Waals surface area contributed by atoms with E-state index in [4.69, 9.17) is 4.74 Å². The number of amides is 1. The van der Waals surface area contributed by atoms with Crippen LogP contribution < -0.4 is 10.1 Å². The zero-order valence-corrected chi connectivity index (χ0v) is 17.4. The van der Waals surface area contributed by atoms with Crippen molar-refractivity contribution in [2.24, 2.45) is 0 Å². The lowest BCUT2D eigenvalue weighted by molar-refractivity contribution is 0.0870. The molecule has 152 valence electrons. The summed E-state index contributed by atoms with van der Waals surface area (Å²) in [5.74, 6) is 0.477. The van der Waals surface area contributed by atoms with Gasteiger partial charge in [0.25, 0.3) is 5.91 Å². The molecule has 0 heterocycles. The van der Waals surface area contributed by atoms with Gasteiger partial charge in [0, 0.05) is 16.7 Å². The second-order valence-corrected chi connectivity index (χ2v) is 8.07. The van der Waals surface area contributed by atoms with Crippen molar-refractivity contribution < 1.29 is 14.6 Å². The molecule has 0 aliphatic rings. The minimum Gasteiger partial charge on any atom is -0.496 e. The molecule has 4 rings (SSSR count). The molecule has 0 aromatic heterocycles. The number of rotatable bonds is 5. The van der Waals surface area contributed by atoms with Gasteiger partial charge in [-0.1, -0.05) is 60.7 Å². The van der Waals surface area contributed by atoms with E-state index in [-0.39, 0.29) is 12.5 Å². The van der Waals surface area contributed by atoms with E-state index in [0.29, 0.717) is 11.3 Å². The highest BCUT2D eigenvalue weighted by Crippen LogP contribution is 2.42. The Morgan fingerprint density at radius 1 is 0.867 bits per heavy atom. The summed E-state index contributed by atoms with van der Waals surface area (Å²) in [6.07, 6.45) is 0. The Hall–Kier alpha value is -3.37. The first kappa shape index (κ1) is 19.9. The largest absolute Gasteiger partial charge is 0.496 e. The van der Waals surface area contributed by atoms with Crippen molar-refractivity contribution >= 4 is 27.5 Å². The number of methoxy groups -OCH3 is 1. The van der Waals surface area contributed by atoms with Gasteiger partial charge in [-0.05, 0) is 47.5 Å². The molecule has 4 heteroatoms. The predicted octanol–water partition coefficient (Wildman–Crippen LogP) is 5.17. The minimum atomic E-state index is -0.733. The molecule has 0 spiro atoms. The number of hydrogen-bond donors (Lipinski definition) is 2. The van der Waals surface area contributed by atoms with Crippen molar-refractivity contribution in [3.63, 3.8) is 0 Å². The fraction of sp³-hybridized carbons (Fsp3) is 0.192. The molecule has 0 saturated carbocycles. The number of ether oxygens (including phenoxy) is 1. The summed E-state index contributed by atoms with van der Waals surface area (Å²) in [5, 5.41) is 16.7. The van der Waals surface area contributed by atoms with Crippen LogP contribution >= 0.6 is 0 Å². The molecule has 0 bridgehead atoms. The zero-order chi connectivity index (χ0) is 21.3. The maximum atomic E-state index is 13.3. The Balaban J connectivity index is 2.08. The Labute approximate surface area is 176 Å². The third kappa shape index (κ3) is 3.51. The Morgan fingerprint density at radius 3 is 2.03 bits per heavy atom. The van der Waals surface area contributed by atoms with Crippen LogP contribution in [0.1, 0.15) is 24.2 Å². The van der Waals surface area contributed by atoms with Gasteiger partial charge in [-0.3, -0.25) is 4.79 Å². The van der Waals surface area contributed by atoms with E-state index in [1.807, 2.05) is 66.7 Å². The van der Waals surface area contributed by atoms with Crippen molar-refractivity contribution in [2.45, 2.75) is 19.4 Å². The Kier molecular flexibility index (Phi) is 5.18. The average Bonchev–Trinajstić information content (AvgIpc) is 2.77. The van der Waals surface area contributed by atoms with Crippen molar-refractivity contribution in [3.05, 3.63) is 78.4 Å². The molecular weight excluding hydrogens is 374 g/mol. The van der Waals surface area contributed by atoms with Crippen LogP contribution in [0.4, 0.5) is 0 Å². The summed E-state index contributed by atoms with van der Waals surface area (Å²) in [5.41, 5.74) is 1.53. The molecule has 0 unspecified atom stereocenters. The fourth-order valence-corrected chi connectivity index (χ4v) is 3.82. The van der Waals surface area contributed by atoms with Crippen LogP contribution in [-0.2, 0) is 0 Å². The molecule has 0 saturated heterocycles. The molecule has 1 amide bonds. The molecular formula is C26H25NO3. The molecule has 0 aliphatic heterocycles. The van der Waals surface area contributed by atoms with Gasteiger partial charge < -0.3 is 15.2 Å². The molecule has 4 aromatic carbocycles. The van der Waals surface area contributed by atoms with Gasteiger partial charge in [-0.15, -0.1) is 0 Å². The maximum Gasteiger partial charge on any atom is 0.252 e. The van der Waals surface area contributed by atoms with Crippen molar-refractivity contribution in [3.8, 4) is 16.9 Å². The quantitative estimate of drug-likeness (QED) is 0.487. The van der Waals surface area contributed by atoms with Crippen LogP contribution in [0, 0.1) is 0 Å². The molecule has 0 fully saturated rings. The lowest BCUT2D eigenvalue weighted by Gasteiger charge is -2.25. The predicted molar refractivity (Wildman–Crippen MR) is 122 cm³/mol. The van der Waals surface area contributed by atoms with Crippen molar-refractivity contribution in [1.29, 1.82) is 0 Å². The monoisotopic (exact) mass is 399 g/mol. The van der Waals surface area contributed by atoms with Gasteiger partial charge in [-0.2, -0.15) is 0 Å². The first-order valence-electron chi connectivity index (χ1n) is 9.96. The van der Waals surface area contributed by atoms with Gasteiger partial charge in [0.2, 0.25) is 0 Å². The first-order valence-corrected chi connectivity index (χ1v) is 9.96. The van der Waals surface area contributed by atoms with E-state index in [1.54, 1.807) is 21.0 Å². The molecule has 30 heavy (non-hydrogen) atoms. The molecule has 4 nitrogen and oxygen atoms in total. The topological polar surface area (TPSA) is 58.6 Å². The third-order valence-electron chi connectivity index (χ3n) is 5.38. The maximum absolute atomic E-state index is 13.3. The Morgan fingerprint density at radius 2 is 1.43 bits per heavy atom. The van der Waals surface area contributed by atoms with Crippen LogP contribution in [0.25, 0.3) is 32.7 Å². The number of nitrogens with one attached hydrogen (secondary N) is 1. The fourth-order valence-electron chi connectivity index (χ4n) is 3.82. The SMILES string of the molecule is COc1ccc2ccccc2c1-c1c(C(=O)NC(C)(C)CO)ccc2ccccc12. The summed E-state index contributed by atoms with van der Waals surface area (Å²) in [6.45, 7) is 3.44. The molecule has 0 aliphatic carbocycles. The van der Waals surface area contributed by atoms with Crippen LogP contribution in [0.5, 0.6) is 5.75 Å². The number of aliphatic hydroxyl groups is 1. The van der Waals surface area contributed by atoms with E-state index in [0.717, 1.165) is 32.7 Å². The third-order valence-corrected chi connectivity index (χ3v) is 5.38. The highest BCUT2D eigenvalue weighted by Gasteiger charge is 2.25. The molecule has 0 atom stereocenters. The summed E-state index contributed by atoms with van der Waals surface area (Å²) in [4.78, 5) is 13.3. The normalized spacial score (nSPS) is 11.6. The van der Waals surface area contributed by atoms with Crippen molar-refractivity contribution in [1.82, 2.24) is 5.32 Å². The van der Waals surface area contributed by atoms with E-state index >= 15 is 0 Å². The van der Waals surface area contributed by atoms with Gasteiger partial charge in [0.15, 0.2) is 0 Å². The number of carbonyl (C=O) groups is 1. The number of carbonyl (C=O) groups excluding carboxylic acids is 1. The van der Waals surface area contributed by atoms with E-state index in [1.165, 1.54) is 0 Å². The summed E-state index contributed by atoms with van der Waals surface area (Å²) in [7, 11) is 1.65. The first-order chi connectivity index (χ1) is 14.4. The van der Waals surface area contributed by atoms with Gasteiger partial charge in [-0.25, -0.2) is 0 Å². The minimum absolute atomic E-state index is 0.154. The van der Waals surface area contributed by atoms with E-state index in [9.17, 15) is 9.90 Å². The van der Waals surface area contributed by atoms with Gasteiger partial charge in [0.1, 0.15) is 5.75 Å². The van der Waals surface area contributed by atoms with Crippen molar-refractivity contribution in [2.75, 3.05) is 13.7 Å². The number of hydrogen-bond acceptors (Lipinski definition) is 3.